The van der Waals surface area contributed by atoms with Gasteiger partial charge in [-0.25, -0.2) is 0 Å². The van der Waals surface area contributed by atoms with Crippen molar-refractivity contribution in [2.45, 2.75) is 13.3 Å². The molecule has 0 atom stereocenters. The van der Waals surface area contributed by atoms with Crippen LogP contribution in [0.25, 0.3) is 0 Å². The normalized spacial score (nSPS) is 29.7. The minimum absolute atomic E-state index is 0.974. The summed E-state index contributed by atoms with van der Waals surface area (Å²) in [5, 5.41) is 0. The molecule has 0 bridgehead atoms. The molecule has 52 valence electrons. The maximum Gasteiger partial charge on any atom is -0.0100 e. The van der Waals surface area contributed by atoms with E-state index >= 15 is 0 Å². The summed E-state index contributed by atoms with van der Waals surface area (Å²) in [6.45, 7) is 5.99. The lowest BCUT2D eigenvalue weighted by molar-refractivity contribution is 1.27. The van der Waals surface area contributed by atoms with Gasteiger partial charge in [0.15, 0.2) is 0 Å². The molecule has 0 heteroatoms. The van der Waals surface area contributed by atoms with Crippen LogP contribution in [0.3, 0.4) is 0 Å². The zero-order valence-corrected chi connectivity index (χ0v) is 6.30. The molecule has 1 rings (SSSR count). The first-order valence-corrected chi connectivity index (χ1v) is 3.48. The fourth-order valence-corrected chi connectivity index (χ4v) is 0.934. The number of allylic oxidation sites excluding steroid dienone is 7. The highest BCUT2D eigenvalue weighted by molar-refractivity contribution is 5.32. The molecule has 0 amide bonds. The van der Waals surface area contributed by atoms with Crippen LogP contribution in [0.1, 0.15) is 13.3 Å². The van der Waals surface area contributed by atoms with Crippen LogP contribution < -0.4 is 0 Å². The number of hydrogen-bond donors (Lipinski definition) is 0. The van der Waals surface area contributed by atoms with Gasteiger partial charge in [0.2, 0.25) is 0 Å². The lowest BCUT2D eigenvalue weighted by Gasteiger charge is -1.98. The number of rotatable bonds is 0. The Morgan fingerprint density at radius 3 is 3.00 bits per heavy atom. The quantitative estimate of drug-likeness (QED) is 0.475. The molecule has 0 spiro atoms. The third-order valence-electron chi connectivity index (χ3n) is 1.42. The molecule has 0 aliphatic heterocycles. The topological polar surface area (TPSA) is 0 Å². The molecule has 0 saturated carbocycles. The second-order valence-corrected chi connectivity index (χ2v) is 2.54. The Balaban J connectivity index is 2.83. The van der Waals surface area contributed by atoms with Crippen LogP contribution in [0.5, 0.6) is 0 Å². The van der Waals surface area contributed by atoms with Gasteiger partial charge in [0.05, 0.1) is 0 Å². The van der Waals surface area contributed by atoms with Crippen molar-refractivity contribution < 1.29 is 0 Å². The van der Waals surface area contributed by atoms with Gasteiger partial charge in [0, 0.05) is 0 Å². The summed E-state index contributed by atoms with van der Waals surface area (Å²) >= 11 is 0. The fourth-order valence-electron chi connectivity index (χ4n) is 0.934. The fraction of sp³-hybridized carbons (Fsp3) is 0.200. The van der Waals surface area contributed by atoms with Gasteiger partial charge in [-0.3, -0.25) is 0 Å². The van der Waals surface area contributed by atoms with Crippen LogP contribution in [-0.4, -0.2) is 0 Å². The summed E-state index contributed by atoms with van der Waals surface area (Å²) in [5.41, 5.74) is 2.45. The van der Waals surface area contributed by atoms with Gasteiger partial charge in [-0.2, -0.15) is 0 Å². The van der Waals surface area contributed by atoms with E-state index in [1.165, 1.54) is 11.1 Å². The van der Waals surface area contributed by atoms with Crippen LogP contribution in [0, 0.1) is 0 Å². The molecule has 0 radical (unpaired) electrons. The molecular formula is C10H12. The first kappa shape index (κ1) is 7.07. The van der Waals surface area contributed by atoms with Gasteiger partial charge < -0.3 is 0 Å². The predicted octanol–water partition coefficient (Wildman–Crippen LogP) is 3.01. The first-order valence-electron chi connectivity index (χ1n) is 3.48. The maximum absolute atomic E-state index is 3.90. The molecule has 0 nitrogen and oxygen atoms in total. The van der Waals surface area contributed by atoms with Crippen LogP contribution >= 0.6 is 0 Å². The molecule has 1 aliphatic carbocycles. The van der Waals surface area contributed by atoms with E-state index in [0.29, 0.717) is 0 Å². The van der Waals surface area contributed by atoms with Crippen molar-refractivity contribution >= 4 is 0 Å². The molecule has 0 heterocycles. The van der Waals surface area contributed by atoms with Gasteiger partial charge in [0.1, 0.15) is 0 Å². The Morgan fingerprint density at radius 2 is 2.20 bits per heavy atom. The van der Waals surface area contributed by atoms with Gasteiger partial charge in [-0.15, -0.1) is 0 Å². The van der Waals surface area contributed by atoms with Crippen LogP contribution in [0.4, 0.5) is 0 Å². The third kappa shape index (κ3) is 2.06. The molecule has 10 heavy (non-hydrogen) atoms. The van der Waals surface area contributed by atoms with Gasteiger partial charge in [-0.1, -0.05) is 48.1 Å². The van der Waals surface area contributed by atoms with E-state index in [1.54, 1.807) is 0 Å². The smallest absolute Gasteiger partial charge is 0.0100 e. The molecule has 0 unspecified atom stereocenters. The van der Waals surface area contributed by atoms with Crippen molar-refractivity contribution in [3.8, 4) is 0 Å². The van der Waals surface area contributed by atoms with E-state index in [0.717, 1.165) is 6.42 Å². The Hall–Kier alpha value is -1.04. The molecular weight excluding hydrogens is 120 g/mol. The number of hydrogen-bond acceptors (Lipinski definition) is 0. The van der Waals surface area contributed by atoms with E-state index in [4.69, 9.17) is 0 Å². The summed E-state index contributed by atoms with van der Waals surface area (Å²) in [6.07, 6.45) is 11.4. The maximum atomic E-state index is 3.90. The molecule has 0 fully saturated rings. The van der Waals surface area contributed by atoms with Crippen molar-refractivity contribution in [1.82, 2.24) is 0 Å². The van der Waals surface area contributed by atoms with E-state index in [1.807, 2.05) is 0 Å². The zero-order chi connectivity index (χ0) is 7.40. The average molecular weight is 132 g/mol. The van der Waals surface area contributed by atoms with Gasteiger partial charge >= 0.3 is 0 Å². The SMILES string of the molecule is C=C1\C=C(C)/C=C\C=C\C1. The summed E-state index contributed by atoms with van der Waals surface area (Å²) in [7, 11) is 0. The molecule has 1 aliphatic rings. The average Bonchev–Trinajstić information content (AvgIpc) is 1.83. The van der Waals surface area contributed by atoms with Crippen molar-refractivity contribution in [2.75, 3.05) is 0 Å². The van der Waals surface area contributed by atoms with E-state index in [9.17, 15) is 0 Å². The van der Waals surface area contributed by atoms with Crippen LogP contribution in [-0.2, 0) is 0 Å². The highest BCUT2D eigenvalue weighted by Gasteiger charge is 1.88. The van der Waals surface area contributed by atoms with Crippen LogP contribution in [0.2, 0.25) is 0 Å². The second kappa shape index (κ2) is 3.21. The zero-order valence-electron chi connectivity index (χ0n) is 6.30. The van der Waals surface area contributed by atoms with Crippen molar-refractivity contribution in [2.24, 2.45) is 0 Å². The monoisotopic (exact) mass is 132 g/mol. The van der Waals surface area contributed by atoms with E-state index < -0.39 is 0 Å². The Bertz CT molecular complexity index is 214. The first-order chi connectivity index (χ1) is 4.79. The second-order valence-electron chi connectivity index (χ2n) is 2.54. The van der Waals surface area contributed by atoms with Crippen LogP contribution in [0.15, 0.2) is 48.1 Å². The Morgan fingerprint density at radius 1 is 1.40 bits per heavy atom. The molecule has 0 saturated heterocycles. The van der Waals surface area contributed by atoms with Crippen molar-refractivity contribution in [3.63, 3.8) is 0 Å². The van der Waals surface area contributed by atoms with E-state index in [2.05, 4.69) is 43.9 Å². The van der Waals surface area contributed by atoms with E-state index in [-0.39, 0.29) is 0 Å². The summed E-state index contributed by atoms with van der Waals surface area (Å²) in [6, 6.07) is 0. The van der Waals surface area contributed by atoms with Crippen molar-refractivity contribution in [1.29, 1.82) is 0 Å². The molecule has 0 aromatic carbocycles. The Labute approximate surface area is 62.3 Å². The summed E-state index contributed by atoms with van der Waals surface area (Å²) in [5.74, 6) is 0. The third-order valence-corrected chi connectivity index (χ3v) is 1.42. The minimum atomic E-state index is 0.974. The minimum Gasteiger partial charge on any atom is -0.0955 e. The highest BCUT2D eigenvalue weighted by atomic mass is 13.9. The molecule has 0 aromatic rings. The summed E-state index contributed by atoms with van der Waals surface area (Å²) < 4.78 is 0. The van der Waals surface area contributed by atoms with Crippen molar-refractivity contribution in [3.05, 3.63) is 48.1 Å². The lowest BCUT2D eigenvalue weighted by Crippen LogP contribution is -1.77. The standard InChI is InChI=1S/C10H12/c1-9-6-4-3-5-7-10(2)8-9/h3-5,7-8H,1,6H2,2H3/b4-3+,7-5-,10-8-. The highest BCUT2D eigenvalue weighted by Crippen LogP contribution is 2.08. The predicted molar refractivity (Wildman–Crippen MR) is 45.8 cm³/mol. The largest absolute Gasteiger partial charge is 0.0955 e. The summed E-state index contributed by atoms with van der Waals surface area (Å²) in [4.78, 5) is 0. The van der Waals surface area contributed by atoms with Gasteiger partial charge in [-0.05, 0) is 13.3 Å². The lowest BCUT2D eigenvalue weighted by atomic mass is 10.1. The van der Waals surface area contributed by atoms with Gasteiger partial charge in [0.25, 0.3) is 0 Å². The Kier molecular flexibility index (Phi) is 2.27. The molecule has 0 aromatic heterocycles. The molecule has 0 N–H and O–H groups in total.